The molecule has 8 heteroatoms. The van der Waals surface area contributed by atoms with Crippen LogP contribution in [0, 0.1) is 0 Å². The van der Waals surface area contributed by atoms with Crippen LogP contribution in [0.4, 0.5) is 13.2 Å². The zero-order valence-corrected chi connectivity index (χ0v) is 9.08. The molecule has 0 N–H and O–H groups in total. The van der Waals surface area contributed by atoms with Gasteiger partial charge < -0.3 is 9.26 Å². The number of hydrogen-bond acceptors (Lipinski definition) is 5. The van der Waals surface area contributed by atoms with Gasteiger partial charge in [-0.15, -0.1) is 0 Å². The van der Waals surface area contributed by atoms with Gasteiger partial charge in [0, 0.05) is 20.1 Å². The zero-order valence-electron chi connectivity index (χ0n) is 9.08. The Balaban J connectivity index is 2.48. The fourth-order valence-electron chi connectivity index (χ4n) is 1.08. The molecule has 0 amide bonds. The number of nitrogens with zero attached hydrogens (tertiary/aromatic N) is 2. The molecular formula is C9H11F3N2O3. The van der Waals surface area contributed by atoms with Gasteiger partial charge >= 0.3 is 6.18 Å². The number of carbonyl (C=O) groups is 1. The predicted octanol–water partition coefficient (Wildman–Crippen LogP) is 1.32. The second-order valence-corrected chi connectivity index (χ2v) is 3.30. The summed E-state index contributed by atoms with van der Waals surface area (Å²) in [6.07, 6.45) is -4.73. The first kappa shape index (κ1) is 13.6. The van der Waals surface area contributed by atoms with Gasteiger partial charge in [-0.2, -0.15) is 18.2 Å². The van der Waals surface area contributed by atoms with Gasteiger partial charge in [0.15, 0.2) is 5.82 Å². The summed E-state index contributed by atoms with van der Waals surface area (Å²) in [4.78, 5) is 14.3. The van der Waals surface area contributed by atoms with E-state index in [1.54, 1.807) is 0 Å². The van der Waals surface area contributed by atoms with E-state index in [1.165, 1.54) is 7.11 Å². The molecule has 0 saturated heterocycles. The highest BCUT2D eigenvalue weighted by atomic mass is 19.4. The van der Waals surface area contributed by atoms with Crippen molar-refractivity contribution in [2.45, 2.75) is 25.4 Å². The highest BCUT2D eigenvalue weighted by molar-refractivity contribution is 5.85. The van der Waals surface area contributed by atoms with Gasteiger partial charge in [-0.1, -0.05) is 5.16 Å². The third-order valence-electron chi connectivity index (χ3n) is 1.89. The van der Waals surface area contributed by atoms with Crippen LogP contribution in [0.25, 0.3) is 0 Å². The number of halogens is 3. The van der Waals surface area contributed by atoms with Crippen molar-refractivity contribution in [3.05, 3.63) is 11.7 Å². The van der Waals surface area contributed by atoms with Crippen LogP contribution in [0.1, 0.15) is 18.1 Å². The topological polar surface area (TPSA) is 65.2 Å². The maximum absolute atomic E-state index is 11.9. The number of ether oxygens (including phenoxy) is 1. The van der Waals surface area contributed by atoms with Gasteiger partial charge in [0.1, 0.15) is 0 Å². The summed E-state index contributed by atoms with van der Waals surface area (Å²) in [6.45, 7) is 0.491. The van der Waals surface area contributed by atoms with Gasteiger partial charge in [0.25, 0.3) is 0 Å². The molecule has 0 saturated carbocycles. The molecule has 1 rings (SSSR count). The van der Waals surface area contributed by atoms with E-state index in [-0.39, 0.29) is 11.7 Å². The number of ketones is 1. The van der Waals surface area contributed by atoms with Gasteiger partial charge in [-0.3, -0.25) is 4.79 Å². The molecular weight excluding hydrogens is 241 g/mol. The molecule has 1 aromatic heterocycles. The van der Waals surface area contributed by atoms with Crippen LogP contribution in [0.5, 0.6) is 0 Å². The van der Waals surface area contributed by atoms with Crippen LogP contribution < -0.4 is 0 Å². The molecule has 0 aliphatic carbocycles. The summed E-state index contributed by atoms with van der Waals surface area (Å²) in [7, 11) is 1.53. The Labute approximate surface area is 94.9 Å². The van der Waals surface area contributed by atoms with E-state index in [0.29, 0.717) is 19.4 Å². The molecule has 1 aromatic rings. The third kappa shape index (κ3) is 4.51. The first-order chi connectivity index (χ1) is 7.93. The number of methoxy groups -OCH3 is 1. The highest BCUT2D eigenvalue weighted by Gasteiger charge is 2.39. The van der Waals surface area contributed by atoms with Gasteiger partial charge in [-0.05, 0) is 6.42 Å². The average molecular weight is 252 g/mol. The van der Waals surface area contributed by atoms with Crippen molar-refractivity contribution in [3.63, 3.8) is 0 Å². The molecule has 0 fully saturated rings. The van der Waals surface area contributed by atoms with Crippen LogP contribution in [0.3, 0.4) is 0 Å². The Kier molecular flexibility index (Phi) is 4.62. The minimum atomic E-state index is -4.87. The van der Waals surface area contributed by atoms with Crippen LogP contribution in [0.15, 0.2) is 4.52 Å². The Morgan fingerprint density at radius 2 is 2.18 bits per heavy atom. The van der Waals surface area contributed by atoms with Crippen LogP contribution >= 0.6 is 0 Å². The summed E-state index contributed by atoms with van der Waals surface area (Å²) in [5, 5.41) is 3.46. The number of carbonyl (C=O) groups excluding carboxylic acids is 1. The van der Waals surface area contributed by atoms with E-state index >= 15 is 0 Å². The van der Waals surface area contributed by atoms with E-state index in [4.69, 9.17) is 4.74 Å². The maximum atomic E-state index is 11.9. The average Bonchev–Trinajstić information content (AvgIpc) is 2.65. The van der Waals surface area contributed by atoms with Gasteiger partial charge in [-0.25, -0.2) is 0 Å². The lowest BCUT2D eigenvalue weighted by Gasteiger charge is -2.00. The molecule has 5 nitrogen and oxygen atoms in total. The molecule has 0 aromatic carbocycles. The summed E-state index contributed by atoms with van der Waals surface area (Å²) in [5.74, 6) is -1.95. The molecule has 17 heavy (non-hydrogen) atoms. The largest absolute Gasteiger partial charge is 0.450 e. The van der Waals surface area contributed by atoms with E-state index in [9.17, 15) is 18.0 Å². The van der Waals surface area contributed by atoms with E-state index < -0.39 is 18.4 Å². The molecule has 0 unspecified atom stereocenters. The first-order valence-electron chi connectivity index (χ1n) is 4.84. The Bertz CT molecular complexity index is 376. The van der Waals surface area contributed by atoms with Crippen molar-refractivity contribution in [1.29, 1.82) is 0 Å². The Hall–Kier alpha value is -1.44. The molecule has 96 valence electrons. The van der Waals surface area contributed by atoms with Crippen molar-refractivity contribution in [2.24, 2.45) is 0 Å². The van der Waals surface area contributed by atoms with Gasteiger partial charge in [0.2, 0.25) is 11.7 Å². The fraction of sp³-hybridized carbons (Fsp3) is 0.667. The zero-order chi connectivity index (χ0) is 12.9. The Morgan fingerprint density at radius 1 is 1.47 bits per heavy atom. The molecule has 0 aliphatic heterocycles. The molecule has 0 aliphatic rings. The number of rotatable bonds is 6. The van der Waals surface area contributed by atoms with E-state index in [0.717, 1.165) is 0 Å². The normalized spacial score (nSPS) is 11.8. The molecule has 0 radical (unpaired) electrons. The summed E-state index contributed by atoms with van der Waals surface area (Å²) >= 11 is 0. The predicted molar refractivity (Wildman–Crippen MR) is 49.3 cm³/mol. The van der Waals surface area contributed by atoms with Crippen molar-refractivity contribution in [1.82, 2.24) is 10.1 Å². The monoisotopic (exact) mass is 252 g/mol. The van der Waals surface area contributed by atoms with Crippen LogP contribution in [-0.2, 0) is 22.4 Å². The number of alkyl halides is 3. The van der Waals surface area contributed by atoms with Crippen LogP contribution in [0.2, 0.25) is 0 Å². The minimum Gasteiger partial charge on any atom is -0.385 e. The molecule has 0 atom stereocenters. The van der Waals surface area contributed by atoms with E-state index in [1.807, 2.05) is 0 Å². The minimum absolute atomic E-state index is 0.270. The first-order valence-corrected chi connectivity index (χ1v) is 4.84. The van der Waals surface area contributed by atoms with Crippen molar-refractivity contribution in [3.8, 4) is 0 Å². The Morgan fingerprint density at radius 3 is 2.76 bits per heavy atom. The van der Waals surface area contributed by atoms with Crippen LogP contribution in [-0.4, -0.2) is 35.8 Å². The lowest BCUT2D eigenvalue weighted by molar-refractivity contribution is -0.170. The van der Waals surface area contributed by atoms with Crippen molar-refractivity contribution < 1.29 is 27.2 Å². The quantitative estimate of drug-likeness (QED) is 0.714. The summed E-state index contributed by atoms with van der Waals surface area (Å²) < 4.78 is 45.1. The summed E-state index contributed by atoms with van der Waals surface area (Å²) in [6, 6.07) is 0. The number of hydrogen-bond donors (Lipinski definition) is 0. The standard InChI is InChI=1S/C9H11F3N2O3/c1-16-4-2-3-7-13-8(17-14-7)5-6(15)9(10,11)12/h2-5H2,1H3. The number of aromatic nitrogens is 2. The fourth-order valence-corrected chi connectivity index (χ4v) is 1.08. The van der Waals surface area contributed by atoms with Gasteiger partial charge in [0.05, 0.1) is 6.42 Å². The van der Waals surface area contributed by atoms with Crippen molar-refractivity contribution >= 4 is 5.78 Å². The molecule has 0 bridgehead atoms. The molecule has 1 heterocycles. The third-order valence-corrected chi connectivity index (χ3v) is 1.89. The molecule has 0 spiro atoms. The second-order valence-electron chi connectivity index (χ2n) is 3.30. The van der Waals surface area contributed by atoms with Crippen molar-refractivity contribution in [2.75, 3.05) is 13.7 Å². The lowest BCUT2D eigenvalue weighted by atomic mass is 10.3. The smallest absolute Gasteiger partial charge is 0.385 e. The SMILES string of the molecule is COCCCc1noc(CC(=O)C(F)(F)F)n1. The lowest BCUT2D eigenvalue weighted by Crippen LogP contribution is -2.24. The summed E-state index contributed by atoms with van der Waals surface area (Å²) in [5.41, 5.74) is 0. The van der Waals surface area contributed by atoms with E-state index in [2.05, 4.69) is 14.7 Å². The maximum Gasteiger partial charge on any atom is 0.450 e. The number of Topliss-reactive ketones (excluding diaryl/α,β-unsaturated/α-hetero) is 1. The highest BCUT2D eigenvalue weighted by Crippen LogP contribution is 2.18. The number of aryl methyl sites for hydroxylation is 1. The second kappa shape index (κ2) is 5.76.